The van der Waals surface area contributed by atoms with Crippen LogP contribution < -0.4 is 4.74 Å². The minimum Gasteiger partial charge on any atom is -0.467 e. The minimum atomic E-state index is 0.276. The molecule has 1 saturated heterocycles. The monoisotopic (exact) mass is 280 g/mol. The molecule has 0 saturated carbocycles. The molecule has 6 nitrogen and oxygen atoms in total. The quantitative estimate of drug-likeness (QED) is 0.785. The van der Waals surface area contributed by atoms with Gasteiger partial charge >= 0.3 is 6.01 Å². The molecule has 6 heteroatoms. The zero-order chi connectivity index (χ0) is 14.5. The van der Waals surface area contributed by atoms with Crippen molar-refractivity contribution in [2.75, 3.05) is 47.4 Å². The number of aryl methyl sites for hydroxylation is 1. The van der Waals surface area contributed by atoms with Gasteiger partial charge in [-0.3, -0.25) is 4.90 Å². The maximum atomic E-state index is 5.79. The van der Waals surface area contributed by atoms with E-state index in [1.807, 2.05) is 13.1 Å². The van der Waals surface area contributed by atoms with Gasteiger partial charge in [0.1, 0.15) is 0 Å². The lowest BCUT2D eigenvalue weighted by Gasteiger charge is -2.34. The second-order valence-electron chi connectivity index (χ2n) is 5.46. The first-order valence-corrected chi connectivity index (χ1v) is 6.93. The number of hydrogen-bond acceptors (Lipinski definition) is 6. The van der Waals surface area contributed by atoms with Crippen LogP contribution in [0, 0.1) is 6.92 Å². The molecule has 1 aromatic rings. The highest BCUT2D eigenvalue weighted by Gasteiger charge is 2.21. The molecule has 1 unspecified atom stereocenters. The first-order valence-electron chi connectivity index (χ1n) is 6.93. The van der Waals surface area contributed by atoms with Crippen LogP contribution in [0.2, 0.25) is 0 Å². The number of nitrogens with zero attached hydrogens (tertiary/aromatic N) is 4. The molecule has 1 aliphatic rings. The lowest BCUT2D eigenvalue weighted by molar-refractivity contribution is -0.0407. The van der Waals surface area contributed by atoms with E-state index in [1.54, 1.807) is 7.11 Å². The Bertz CT molecular complexity index is 439. The molecular weight excluding hydrogens is 256 g/mol. The van der Waals surface area contributed by atoms with Gasteiger partial charge in [0, 0.05) is 43.6 Å². The van der Waals surface area contributed by atoms with Crippen LogP contribution in [-0.2, 0) is 11.3 Å². The summed E-state index contributed by atoms with van der Waals surface area (Å²) in [6, 6.07) is 0.429. The lowest BCUT2D eigenvalue weighted by Crippen LogP contribution is -2.46. The van der Waals surface area contributed by atoms with E-state index >= 15 is 0 Å². The molecule has 1 fully saturated rings. The Morgan fingerprint density at radius 1 is 1.50 bits per heavy atom. The Labute approximate surface area is 120 Å². The summed E-state index contributed by atoms with van der Waals surface area (Å²) in [5, 5.41) is 0. The molecule has 2 heterocycles. The summed E-state index contributed by atoms with van der Waals surface area (Å²) < 4.78 is 10.8. The molecule has 1 atom stereocenters. The van der Waals surface area contributed by atoms with Gasteiger partial charge < -0.3 is 14.4 Å². The maximum Gasteiger partial charge on any atom is 0.316 e. The van der Waals surface area contributed by atoms with Crippen LogP contribution in [0.3, 0.4) is 0 Å². The van der Waals surface area contributed by atoms with Crippen molar-refractivity contribution in [2.24, 2.45) is 0 Å². The summed E-state index contributed by atoms with van der Waals surface area (Å²) in [5.74, 6) is 0. The largest absolute Gasteiger partial charge is 0.467 e. The highest BCUT2D eigenvalue weighted by Crippen LogP contribution is 2.14. The number of rotatable bonds is 5. The smallest absolute Gasteiger partial charge is 0.316 e. The van der Waals surface area contributed by atoms with Crippen molar-refractivity contribution in [1.29, 1.82) is 0 Å². The normalized spacial score (nSPS) is 20.4. The molecule has 0 spiro atoms. The number of hydrogen-bond donors (Lipinski definition) is 0. The topological polar surface area (TPSA) is 50.7 Å². The fourth-order valence-electron chi connectivity index (χ4n) is 2.41. The molecule has 2 rings (SSSR count). The van der Waals surface area contributed by atoms with Crippen molar-refractivity contribution >= 4 is 0 Å². The number of aromatic nitrogens is 2. The molecular formula is C14H24N4O2. The Kier molecular flexibility index (Phi) is 5.28. The highest BCUT2D eigenvalue weighted by molar-refractivity contribution is 5.17. The second kappa shape index (κ2) is 6.97. The van der Waals surface area contributed by atoms with Crippen molar-refractivity contribution in [2.45, 2.75) is 19.6 Å². The summed E-state index contributed by atoms with van der Waals surface area (Å²) >= 11 is 0. The predicted molar refractivity (Wildman–Crippen MR) is 76.9 cm³/mol. The van der Waals surface area contributed by atoms with Crippen molar-refractivity contribution in [3.8, 4) is 6.01 Å². The molecule has 0 aromatic carbocycles. The highest BCUT2D eigenvalue weighted by atomic mass is 16.5. The first kappa shape index (κ1) is 15.2. The first-order chi connectivity index (χ1) is 9.58. The van der Waals surface area contributed by atoms with E-state index < -0.39 is 0 Å². The third kappa shape index (κ3) is 4.13. The van der Waals surface area contributed by atoms with Crippen molar-refractivity contribution < 1.29 is 9.47 Å². The number of likely N-dealkylation sites (N-methyl/N-ethyl adjacent to an activating group) is 1. The standard InChI is InChI=1S/C14H24N4O2/c1-11-12(7-15-14(16-11)19-4)8-18-5-6-20-13(10-18)9-17(2)3/h7,13H,5-6,8-10H2,1-4H3. The van der Waals surface area contributed by atoms with Crippen molar-refractivity contribution in [1.82, 2.24) is 19.8 Å². The van der Waals surface area contributed by atoms with E-state index in [0.717, 1.165) is 44.0 Å². The molecule has 0 aliphatic carbocycles. The number of morpholine rings is 1. The summed E-state index contributed by atoms with van der Waals surface area (Å²) in [4.78, 5) is 13.1. The molecule has 0 amide bonds. The summed E-state index contributed by atoms with van der Waals surface area (Å²) in [7, 11) is 5.73. The summed E-state index contributed by atoms with van der Waals surface area (Å²) in [5.41, 5.74) is 2.13. The Morgan fingerprint density at radius 3 is 2.95 bits per heavy atom. The third-order valence-corrected chi connectivity index (χ3v) is 3.43. The SMILES string of the molecule is COc1ncc(CN2CCOC(CN(C)C)C2)c(C)n1. The van der Waals surface area contributed by atoms with Crippen LogP contribution in [-0.4, -0.2) is 73.3 Å². The molecule has 1 aromatic heterocycles. The fourth-order valence-corrected chi connectivity index (χ4v) is 2.41. The molecule has 0 radical (unpaired) electrons. The van der Waals surface area contributed by atoms with Crippen LogP contribution in [0.5, 0.6) is 6.01 Å². The number of ether oxygens (including phenoxy) is 2. The van der Waals surface area contributed by atoms with Crippen LogP contribution in [0.1, 0.15) is 11.3 Å². The van der Waals surface area contributed by atoms with Gasteiger partial charge in [-0.15, -0.1) is 0 Å². The Hall–Kier alpha value is -1.24. The van der Waals surface area contributed by atoms with Gasteiger partial charge in [-0.1, -0.05) is 0 Å². The van der Waals surface area contributed by atoms with Crippen LogP contribution in [0.4, 0.5) is 0 Å². The van der Waals surface area contributed by atoms with E-state index in [2.05, 4.69) is 33.9 Å². The predicted octanol–water partition coefficient (Wildman–Crippen LogP) is 0.556. The van der Waals surface area contributed by atoms with Gasteiger partial charge in [0.05, 0.1) is 19.8 Å². The van der Waals surface area contributed by atoms with Gasteiger partial charge in [0.15, 0.2) is 0 Å². The Balaban J connectivity index is 1.95. The third-order valence-electron chi connectivity index (χ3n) is 3.43. The molecule has 0 bridgehead atoms. The molecule has 0 N–H and O–H groups in total. The van der Waals surface area contributed by atoms with Crippen LogP contribution in [0.15, 0.2) is 6.20 Å². The van der Waals surface area contributed by atoms with E-state index in [1.165, 1.54) is 0 Å². The van der Waals surface area contributed by atoms with Gasteiger partial charge in [-0.2, -0.15) is 0 Å². The van der Waals surface area contributed by atoms with Crippen molar-refractivity contribution in [3.05, 3.63) is 17.5 Å². The maximum absolute atomic E-state index is 5.79. The zero-order valence-corrected chi connectivity index (χ0v) is 12.8. The van der Waals surface area contributed by atoms with E-state index in [0.29, 0.717) is 6.01 Å². The van der Waals surface area contributed by atoms with Gasteiger partial charge in [0.25, 0.3) is 0 Å². The number of methoxy groups -OCH3 is 1. The molecule has 20 heavy (non-hydrogen) atoms. The Morgan fingerprint density at radius 2 is 2.30 bits per heavy atom. The summed E-state index contributed by atoms with van der Waals surface area (Å²) in [6.07, 6.45) is 2.13. The van der Waals surface area contributed by atoms with E-state index in [4.69, 9.17) is 9.47 Å². The van der Waals surface area contributed by atoms with Gasteiger partial charge in [-0.05, 0) is 21.0 Å². The van der Waals surface area contributed by atoms with Crippen LogP contribution in [0.25, 0.3) is 0 Å². The minimum absolute atomic E-state index is 0.276. The lowest BCUT2D eigenvalue weighted by atomic mass is 10.2. The molecule has 112 valence electrons. The average molecular weight is 280 g/mol. The zero-order valence-electron chi connectivity index (χ0n) is 12.8. The van der Waals surface area contributed by atoms with Gasteiger partial charge in [-0.25, -0.2) is 9.97 Å². The summed E-state index contributed by atoms with van der Waals surface area (Å²) in [6.45, 7) is 6.50. The van der Waals surface area contributed by atoms with Gasteiger partial charge in [0.2, 0.25) is 0 Å². The second-order valence-corrected chi connectivity index (χ2v) is 5.46. The van der Waals surface area contributed by atoms with E-state index in [-0.39, 0.29) is 6.10 Å². The fraction of sp³-hybridized carbons (Fsp3) is 0.714. The molecule has 1 aliphatic heterocycles. The average Bonchev–Trinajstić information content (AvgIpc) is 2.41. The van der Waals surface area contributed by atoms with Crippen LogP contribution >= 0.6 is 0 Å². The van der Waals surface area contributed by atoms with Crippen molar-refractivity contribution in [3.63, 3.8) is 0 Å². The van der Waals surface area contributed by atoms with E-state index in [9.17, 15) is 0 Å².